The van der Waals surface area contributed by atoms with Crippen LogP contribution in [-0.2, 0) is 8.85 Å². The van der Waals surface area contributed by atoms with Crippen LogP contribution < -0.4 is 0 Å². The van der Waals surface area contributed by atoms with Crippen LogP contribution in [0.5, 0.6) is 0 Å². The molecule has 0 N–H and O–H groups in total. The molecule has 2 nitrogen and oxygen atoms in total. The summed E-state index contributed by atoms with van der Waals surface area (Å²) in [6, 6.07) is 1.17. The van der Waals surface area contributed by atoms with Gasteiger partial charge in [0, 0.05) is 14.2 Å². The quantitative estimate of drug-likeness (QED) is 0.326. The predicted molar refractivity (Wildman–Crippen MR) is 94.1 cm³/mol. The van der Waals surface area contributed by atoms with Crippen molar-refractivity contribution >= 4 is 9.28 Å². The predicted octanol–water partition coefficient (Wildman–Crippen LogP) is 5.59. The van der Waals surface area contributed by atoms with Gasteiger partial charge in [0.05, 0.1) is 0 Å². The van der Waals surface area contributed by atoms with Gasteiger partial charge >= 0.3 is 9.28 Å². The average molecular weight is 315 g/mol. The zero-order chi connectivity index (χ0) is 15.2. The molecule has 0 aliphatic heterocycles. The highest BCUT2D eigenvalue weighted by atomic mass is 28.3. The molecule has 0 saturated heterocycles. The lowest BCUT2D eigenvalue weighted by Crippen LogP contribution is -2.18. The highest BCUT2D eigenvalue weighted by molar-refractivity contribution is 6.44. The molecule has 0 unspecified atom stereocenters. The maximum atomic E-state index is 5.34. The second-order valence-corrected chi connectivity index (χ2v) is 9.19. The Labute approximate surface area is 134 Å². The first-order valence-corrected chi connectivity index (χ1v) is 11.2. The summed E-state index contributed by atoms with van der Waals surface area (Å²) in [5.41, 5.74) is 0. The second kappa shape index (κ2) is 13.8. The molecule has 126 valence electrons. The van der Waals surface area contributed by atoms with Crippen LogP contribution in [0.15, 0.2) is 0 Å². The van der Waals surface area contributed by atoms with Gasteiger partial charge in [0.2, 0.25) is 0 Å². The Morgan fingerprint density at radius 1 is 0.714 bits per heavy atom. The van der Waals surface area contributed by atoms with Gasteiger partial charge in [-0.1, -0.05) is 89.9 Å². The molecule has 0 amide bonds. The molecule has 21 heavy (non-hydrogen) atoms. The summed E-state index contributed by atoms with van der Waals surface area (Å²) < 4.78 is 10.7. The van der Waals surface area contributed by atoms with Gasteiger partial charge in [-0.2, -0.15) is 0 Å². The molecule has 1 aliphatic rings. The molecular weight excluding hydrogens is 276 g/mol. The molecule has 1 saturated carbocycles. The minimum Gasteiger partial charge on any atom is -0.400 e. The Bertz CT molecular complexity index is 213. The molecule has 1 rings (SSSR count). The molecular formula is C18H38O2Si. The minimum absolute atomic E-state index is 1.08. The molecule has 0 atom stereocenters. The van der Waals surface area contributed by atoms with Gasteiger partial charge in [0.25, 0.3) is 0 Å². The summed E-state index contributed by atoms with van der Waals surface area (Å²) in [5.74, 6) is 1.08. The van der Waals surface area contributed by atoms with Crippen LogP contribution in [0.4, 0.5) is 0 Å². The van der Waals surface area contributed by atoms with Crippen LogP contribution >= 0.6 is 0 Å². The lowest BCUT2D eigenvalue weighted by molar-refractivity contribution is 0.276. The molecule has 0 aromatic rings. The van der Waals surface area contributed by atoms with E-state index in [-0.39, 0.29) is 0 Å². The SMILES string of the molecule is CO[SiH](CCCCCCCCCCC1CCCCC1)OC. The van der Waals surface area contributed by atoms with Gasteiger partial charge in [0.15, 0.2) is 0 Å². The van der Waals surface area contributed by atoms with E-state index in [1.165, 1.54) is 95.9 Å². The normalized spacial score (nSPS) is 16.7. The van der Waals surface area contributed by atoms with E-state index < -0.39 is 9.28 Å². The summed E-state index contributed by atoms with van der Waals surface area (Å²) in [4.78, 5) is 0. The highest BCUT2D eigenvalue weighted by Crippen LogP contribution is 2.28. The maximum absolute atomic E-state index is 5.34. The standard InChI is InChI=1S/C18H38O2Si/c1-19-21(20-2)17-13-8-6-4-3-5-7-10-14-18-15-11-9-12-16-18/h18,21H,3-17H2,1-2H3. The molecule has 0 heterocycles. The molecule has 0 radical (unpaired) electrons. The van der Waals surface area contributed by atoms with Crippen molar-refractivity contribution in [1.29, 1.82) is 0 Å². The molecule has 0 aromatic carbocycles. The van der Waals surface area contributed by atoms with Crippen molar-refractivity contribution in [2.24, 2.45) is 5.92 Å². The third-order valence-corrected chi connectivity index (χ3v) is 6.98. The van der Waals surface area contributed by atoms with E-state index in [4.69, 9.17) is 8.85 Å². The van der Waals surface area contributed by atoms with Gasteiger partial charge in [-0.25, -0.2) is 0 Å². The number of unbranched alkanes of at least 4 members (excludes halogenated alkanes) is 7. The summed E-state index contributed by atoms with van der Waals surface area (Å²) in [6.07, 6.45) is 20.4. The van der Waals surface area contributed by atoms with E-state index in [9.17, 15) is 0 Å². The number of rotatable bonds is 13. The summed E-state index contributed by atoms with van der Waals surface area (Å²) in [6.45, 7) is 0. The Morgan fingerprint density at radius 3 is 1.81 bits per heavy atom. The molecule has 1 aliphatic carbocycles. The van der Waals surface area contributed by atoms with Crippen molar-refractivity contribution in [1.82, 2.24) is 0 Å². The molecule has 0 bridgehead atoms. The Balaban J connectivity index is 1.76. The van der Waals surface area contributed by atoms with Crippen LogP contribution in [0, 0.1) is 5.92 Å². The maximum Gasteiger partial charge on any atom is 0.320 e. The van der Waals surface area contributed by atoms with Gasteiger partial charge in [-0.05, 0) is 12.0 Å². The van der Waals surface area contributed by atoms with Crippen LogP contribution in [-0.4, -0.2) is 23.5 Å². The van der Waals surface area contributed by atoms with Gasteiger partial charge in [0.1, 0.15) is 0 Å². The lowest BCUT2D eigenvalue weighted by Gasteiger charge is -2.21. The van der Waals surface area contributed by atoms with Gasteiger partial charge in [-0.15, -0.1) is 0 Å². The van der Waals surface area contributed by atoms with E-state index in [0.29, 0.717) is 0 Å². The average Bonchev–Trinajstić information content (AvgIpc) is 2.54. The van der Waals surface area contributed by atoms with Crippen molar-refractivity contribution in [3.8, 4) is 0 Å². The largest absolute Gasteiger partial charge is 0.400 e. The Morgan fingerprint density at radius 2 is 1.24 bits per heavy atom. The van der Waals surface area contributed by atoms with Crippen molar-refractivity contribution in [2.45, 2.75) is 95.9 Å². The zero-order valence-electron chi connectivity index (χ0n) is 14.6. The van der Waals surface area contributed by atoms with Crippen LogP contribution in [0.2, 0.25) is 6.04 Å². The van der Waals surface area contributed by atoms with Crippen LogP contribution in [0.3, 0.4) is 0 Å². The molecule has 1 fully saturated rings. The third-order valence-electron chi connectivity index (χ3n) is 5.05. The first kappa shape index (κ1) is 19.2. The Kier molecular flexibility index (Phi) is 12.6. The van der Waals surface area contributed by atoms with Crippen LogP contribution in [0.1, 0.15) is 89.9 Å². The second-order valence-electron chi connectivity index (χ2n) is 6.81. The van der Waals surface area contributed by atoms with Gasteiger partial charge in [-0.3, -0.25) is 0 Å². The fourth-order valence-electron chi connectivity index (χ4n) is 3.61. The van der Waals surface area contributed by atoms with E-state index in [1.807, 2.05) is 0 Å². The topological polar surface area (TPSA) is 18.5 Å². The van der Waals surface area contributed by atoms with Crippen molar-refractivity contribution in [2.75, 3.05) is 14.2 Å². The summed E-state index contributed by atoms with van der Waals surface area (Å²) >= 11 is 0. The monoisotopic (exact) mass is 314 g/mol. The molecule has 0 aromatic heterocycles. The molecule has 3 heteroatoms. The van der Waals surface area contributed by atoms with Gasteiger partial charge < -0.3 is 8.85 Å². The first-order valence-electron chi connectivity index (χ1n) is 9.42. The van der Waals surface area contributed by atoms with E-state index in [1.54, 1.807) is 14.2 Å². The third kappa shape index (κ3) is 10.5. The fourth-order valence-corrected chi connectivity index (χ4v) is 4.90. The van der Waals surface area contributed by atoms with Crippen molar-refractivity contribution in [3.05, 3.63) is 0 Å². The van der Waals surface area contributed by atoms with Crippen molar-refractivity contribution in [3.63, 3.8) is 0 Å². The van der Waals surface area contributed by atoms with Crippen molar-refractivity contribution < 1.29 is 8.85 Å². The number of hydrogen-bond donors (Lipinski definition) is 0. The van der Waals surface area contributed by atoms with Crippen LogP contribution in [0.25, 0.3) is 0 Å². The zero-order valence-corrected chi connectivity index (χ0v) is 15.7. The highest BCUT2D eigenvalue weighted by Gasteiger charge is 2.12. The fraction of sp³-hybridized carbons (Fsp3) is 1.00. The summed E-state index contributed by atoms with van der Waals surface area (Å²) in [5, 5.41) is 0. The van der Waals surface area contributed by atoms with E-state index in [0.717, 1.165) is 5.92 Å². The number of hydrogen-bond acceptors (Lipinski definition) is 2. The lowest BCUT2D eigenvalue weighted by atomic mass is 9.85. The smallest absolute Gasteiger partial charge is 0.320 e. The van der Waals surface area contributed by atoms with E-state index >= 15 is 0 Å². The summed E-state index contributed by atoms with van der Waals surface area (Å²) in [7, 11) is 2.29. The minimum atomic E-state index is -1.28. The first-order chi connectivity index (χ1) is 10.4. The Hall–Kier alpha value is 0.137. The van der Waals surface area contributed by atoms with E-state index in [2.05, 4.69) is 0 Å². The molecule has 0 spiro atoms.